The van der Waals surface area contributed by atoms with Crippen molar-refractivity contribution in [2.75, 3.05) is 5.32 Å². The minimum absolute atomic E-state index is 0.0130. The van der Waals surface area contributed by atoms with Gasteiger partial charge in [-0.15, -0.1) is 0 Å². The molecular formula is C18H19N3O5. The first kappa shape index (κ1) is 18.9. The SMILES string of the molecule is CC(C)(C)OC(=O)Nc1ccc(-c2cccc(C(N)=O)c2)cc1[N+](=O)[O-]. The van der Waals surface area contributed by atoms with Gasteiger partial charge in [-0.05, 0) is 50.1 Å². The van der Waals surface area contributed by atoms with Crippen LogP contribution in [-0.4, -0.2) is 22.5 Å². The number of anilines is 1. The third-order valence-corrected chi connectivity index (χ3v) is 3.31. The van der Waals surface area contributed by atoms with Crippen LogP contribution in [0.5, 0.6) is 0 Å². The minimum atomic E-state index is -0.788. The molecular weight excluding hydrogens is 338 g/mol. The van der Waals surface area contributed by atoms with Gasteiger partial charge in [0.05, 0.1) is 4.92 Å². The fourth-order valence-electron chi connectivity index (χ4n) is 2.23. The molecule has 2 aromatic rings. The van der Waals surface area contributed by atoms with Gasteiger partial charge in [0.1, 0.15) is 11.3 Å². The van der Waals surface area contributed by atoms with Gasteiger partial charge in [-0.1, -0.05) is 18.2 Å². The molecule has 136 valence electrons. The average molecular weight is 357 g/mol. The first-order chi connectivity index (χ1) is 12.1. The topological polar surface area (TPSA) is 125 Å². The van der Waals surface area contributed by atoms with Crippen molar-refractivity contribution in [1.82, 2.24) is 0 Å². The predicted molar refractivity (Wildman–Crippen MR) is 96.9 cm³/mol. The lowest BCUT2D eigenvalue weighted by Gasteiger charge is -2.19. The highest BCUT2D eigenvalue weighted by Crippen LogP contribution is 2.31. The van der Waals surface area contributed by atoms with Crippen molar-refractivity contribution in [2.24, 2.45) is 5.73 Å². The molecule has 0 spiro atoms. The van der Waals surface area contributed by atoms with Crippen LogP contribution in [0.25, 0.3) is 11.1 Å². The van der Waals surface area contributed by atoms with E-state index >= 15 is 0 Å². The lowest BCUT2D eigenvalue weighted by Crippen LogP contribution is -2.27. The van der Waals surface area contributed by atoms with Crippen LogP contribution in [0.2, 0.25) is 0 Å². The summed E-state index contributed by atoms with van der Waals surface area (Å²) in [4.78, 5) is 34.0. The fraction of sp³-hybridized carbons (Fsp3) is 0.222. The van der Waals surface area contributed by atoms with E-state index in [1.54, 1.807) is 51.1 Å². The van der Waals surface area contributed by atoms with Crippen LogP contribution in [0.15, 0.2) is 42.5 Å². The molecule has 8 nitrogen and oxygen atoms in total. The molecule has 0 heterocycles. The summed E-state index contributed by atoms with van der Waals surface area (Å²) in [6.45, 7) is 5.07. The second-order valence-corrected chi connectivity index (χ2v) is 6.56. The molecule has 0 radical (unpaired) electrons. The highest BCUT2D eigenvalue weighted by molar-refractivity contribution is 5.94. The lowest BCUT2D eigenvalue weighted by molar-refractivity contribution is -0.383. The molecule has 0 aromatic heterocycles. The Kier molecular flexibility index (Phi) is 5.25. The molecule has 0 atom stereocenters. The first-order valence-electron chi connectivity index (χ1n) is 7.75. The maximum absolute atomic E-state index is 11.9. The molecule has 2 aromatic carbocycles. The summed E-state index contributed by atoms with van der Waals surface area (Å²) >= 11 is 0. The Hall–Kier alpha value is -3.42. The third kappa shape index (κ3) is 4.79. The maximum atomic E-state index is 11.9. The van der Waals surface area contributed by atoms with Crippen molar-refractivity contribution in [3.63, 3.8) is 0 Å². The van der Waals surface area contributed by atoms with Crippen LogP contribution in [0.1, 0.15) is 31.1 Å². The van der Waals surface area contributed by atoms with Crippen LogP contribution in [-0.2, 0) is 4.74 Å². The zero-order valence-corrected chi connectivity index (χ0v) is 14.6. The second kappa shape index (κ2) is 7.22. The largest absolute Gasteiger partial charge is 0.444 e. The van der Waals surface area contributed by atoms with Crippen LogP contribution in [0, 0.1) is 10.1 Å². The van der Waals surface area contributed by atoms with Gasteiger partial charge in [-0.3, -0.25) is 20.2 Å². The minimum Gasteiger partial charge on any atom is -0.444 e. The van der Waals surface area contributed by atoms with Crippen molar-refractivity contribution in [2.45, 2.75) is 26.4 Å². The molecule has 0 aliphatic carbocycles. The molecule has 0 unspecified atom stereocenters. The Morgan fingerprint density at radius 3 is 2.35 bits per heavy atom. The molecule has 0 aliphatic rings. The van der Waals surface area contributed by atoms with E-state index in [0.717, 1.165) is 0 Å². The fourth-order valence-corrected chi connectivity index (χ4v) is 2.23. The van der Waals surface area contributed by atoms with E-state index in [9.17, 15) is 19.7 Å². The summed E-state index contributed by atoms with van der Waals surface area (Å²) in [5.41, 5.74) is 5.64. The number of carbonyl (C=O) groups excluding carboxylic acids is 2. The number of nitrogens with zero attached hydrogens (tertiary/aromatic N) is 1. The Balaban J connectivity index is 2.37. The number of benzene rings is 2. The van der Waals surface area contributed by atoms with E-state index in [1.807, 2.05) is 0 Å². The molecule has 0 saturated carbocycles. The van der Waals surface area contributed by atoms with Crippen molar-refractivity contribution in [3.8, 4) is 11.1 Å². The Bertz CT molecular complexity index is 871. The zero-order chi connectivity index (χ0) is 19.5. The van der Waals surface area contributed by atoms with Gasteiger partial charge in [0.15, 0.2) is 0 Å². The van der Waals surface area contributed by atoms with Gasteiger partial charge >= 0.3 is 6.09 Å². The smallest absolute Gasteiger partial charge is 0.412 e. The standard InChI is InChI=1S/C18H19N3O5/c1-18(2,3)26-17(23)20-14-8-7-12(10-15(14)21(24)25)11-5-4-6-13(9-11)16(19)22/h4-10H,1-3H3,(H2,19,22)(H,20,23). The predicted octanol–water partition coefficient (Wildman–Crippen LogP) is 3.71. The zero-order valence-electron chi connectivity index (χ0n) is 14.6. The number of amides is 2. The van der Waals surface area contributed by atoms with Crippen molar-refractivity contribution in [1.29, 1.82) is 0 Å². The highest BCUT2D eigenvalue weighted by Gasteiger charge is 2.21. The molecule has 26 heavy (non-hydrogen) atoms. The summed E-state index contributed by atoms with van der Waals surface area (Å²) < 4.78 is 5.11. The summed E-state index contributed by atoms with van der Waals surface area (Å²) in [5.74, 6) is -0.593. The van der Waals surface area contributed by atoms with Crippen LogP contribution >= 0.6 is 0 Å². The number of nitro groups is 1. The van der Waals surface area contributed by atoms with E-state index in [4.69, 9.17) is 10.5 Å². The number of carbonyl (C=O) groups is 2. The molecule has 2 amide bonds. The Morgan fingerprint density at radius 2 is 1.77 bits per heavy atom. The number of nitrogens with one attached hydrogen (secondary N) is 1. The number of hydrogen-bond acceptors (Lipinski definition) is 5. The van der Waals surface area contributed by atoms with Crippen LogP contribution in [0.3, 0.4) is 0 Å². The maximum Gasteiger partial charge on any atom is 0.412 e. The van der Waals surface area contributed by atoms with E-state index in [-0.39, 0.29) is 11.4 Å². The number of ether oxygens (including phenoxy) is 1. The van der Waals surface area contributed by atoms with Crippen molar-refractivity contribution >= 4 is 23.4 Å². The van der Waals surface area contributed by atoms with E-state index in [1.165, 1.54) is 12.1 Å². The molecule has 0 bridgehead atoms. The van der Waals surface area contributed by atoms with Crippen LogP contribution in [0.4, 0.5) is 16.2 Å². The third-order valence-electron chi connectivity index (χ3n) is 3.31. The van der Waals surface area contributed by atoms with Gasteiger partial charge in [0.2, 0.25) is 5.91 Å². The summed E-state index contributed by atoms with van der Waals surface area (Å²) in [6, 6.07) is 10.8. The van der Waals surface area contributed by atoms with E-state index in [0.29, 0.717) is 16.7 Å². The Labute approximate surface area is 150 Å². The quantitative estimate of drug-likeness (QED) is 0.637. The molecule has 0 aliphatic heterocycles. The molecule has 0 fully saturated rings. The van der Waals surface area contributed by atoms with Crippen molar-refractivity contribution < 1.29 is 19.2 Å². The normalized spacial score (nSPS) is 10.9. The molecule has 0 saturated heterocycles. The summed E-state index contributed by atoms with van der Waals surface area (Å²) in [5, 5.41) is 13.8. The number of nitrogens with two attached hydrogens (primary N) is 1. The molecule has 8 heteroatoms. The van der Waals surface area contributed by atoms with Gasteiger partial charge in [-0.25, -0.2) is 4.79 Å². The van der Waals surface area contributed by atoms with Crippen molar-refractivity contribution in [3.05, 3.63) is 58.1 Å². The van der Waals surface area contributed by atoms with E-state index < -0.39 is 22.5 Å². The number of nitro benzene ring substituents is 1. The number of hydrogen-bond donors (Lipinski definition) is 2. The average Bonchev–Trinajstić information content (AvgIpc) is 2.53. The highest BCUT2D eigenvalue weighted by atomic mass is 16.6. The van der Waals surface area contributed by atoms with Gasteiger partial charge in [-0.2, -0.15) is 0 Å². The lowest BCUT2D eigenvalue weighted by atomic mass is 10.0. The number of rotatable bonds is 4. The van der Waals surface area contributed by atoms with Gasteiger partial charge < -0.3 is 10.5 Å². The molecule has 2 rings (SSSR count). The van der Waals surface area contributed by atoms with Gasteiger partial charge in [0.25, 0.3) is 5.69 Å². The second-order valence-electron chi connectivity index (χ2n) is 6.56. The van der Waals surface area contributed by atoms with E-state index in [2.05, 4.69) is 5.32 Å². The number of primary amides is 1. The van der Waals surface area contributed by atoms with Crippen LogP contribution < -0.4 is 11.1 Å². The monoisotopic (exact) mass is 357 g/mol. The Morgan fingerprint density at radius 1 is 1.12 bits per heavy atom. The first-order valence-corrected chi connectivity index (χ1v) is 7.75. The summed E-state index contributed by atoms with van der Waals surface area (Å²) in [6.07, 6.45) is -0.788. The summed E-state index contributed by atoms with van der Waals surface area (Å²) in [7, 11) is 0. The van der Waals surface area contributed by atoms with Gasteiger partial charge in [0, 0.05) is 11.6 Å². The molecule has 3 N–H and O–H groups in total.